The molecule has 2 aromatic rings. The molecule has 1 aromatic carbocycles. The highest BCUT2D eigenvalue weighted by molar-refractivity contribution is 6.30. The highest BCUT2D eigenvalue weighted by atomic mass is 35.5. The van der Waals surface area contributed by atoms with Gasteiger partial charge in [-0.15, -0.1) is 0 Å². The van der Waals surface area contributed by atoms with E-state index < -0.39 is 0 Å². The van der Waals surface area contributed by atoms with Crippen molar-refractivity contribution in [2.24, 2.45) is 0 Å². The van der Waals surface area contributed by atoms with Gasteiger partial charge in [0.1, 0.15) is 17.8 Å². The third-order valence-electron chi connectivity index (χ3n) is 6.65. The molecular formula is C25H30ClFN6O. The molecule has 1 unspecified atom stereocenters. The SMILES string of the molecule is C[C@@H]1COCCN1c1nc(-c2ccc(F)cc2)cc(N2CCN(C3NC=CC=C3Cl)C[C@@H]2C)n1. The number of hydrogen-bond acceptors (Lipinski definition) is 7. The monoisotopic (exact) mass is 484 g/mol. The minimum atomic E-state index is -0.260. The molecule has 0 radical (unpaired) electrons. The highest BCUT2D eigenvalue weighted by Gasteiger charge is 2.32. The lowest BCUT2D eigenvalue weighted by molar-refractivity contribution is 0.0981. The van der Waals surface area contributed by atoms with Gasteiger partial charge in [0.25, 0.3) is 0 Å². The Bertz CT molecular complexity index is 1080. The van der Waals surface area contributed by atoms with E-state index in [0.29, 0.717) is 19.2 Å². The van der Waals surface area contributed by atoms with Gasteiger partial charge in [-0.3, -0.25) is 4.90 Å². The zero-order valence-electron chi connectivity index (χ0n) is 19.5. The first-order valence-corrected chi connectivity index (χ1v) is 12.2. The zero-order chi connectivity index (χ0) is 23.7. The van der Waals surface area contributed by atoms with Gasteiger partial charge in [-0.25, -0.2) is 9.37 Å². The maximum absolute atomic E-state index is 13.6. The van der Waals surface area contributed by atoms with Gasteiger partial charge in [-0.05, 0) is 56.5 Å². The number of anilines is 2. The first-order chi connectivity index (χ1) is 16.5. The fraction of sp³-hybridized carbons (Fsp3) is 0.440. The van der Waals surface area contributed by atoms with E-state index in [1.54, 1.807) is 12.1 Å². The van der Waals surface area contributed by atoms with E-state index in [4.69, 9.17) is 26.3 Å². The molecule has 180 valence electrons. The van der Waals surface area contributed by atoms with Crippen LogP contribution in [-0.2, 0) is 4.74 Å². The minimum absolute atomic E-state index is 0.00111. The fourth-order valence-corrected chi connectivity index (χ4v) is 5.06. The summed E-state index contributed by atoms with van der Waals surface area (Å²) in [5.74, 6) is 1.31. The molecule has 7 nitrogen and oxygen atoms in total. The van der Waals surface area contributed by atoms with Crippen molar-refractivity contribution in [2.45, 2.75) is 32.1 Å². The Hall–Kier alpha value is -2.68. The summed E-state index contributed by atoms with van der Waals surface area (Å²) >= 11 is 6.47. The fourth-order valence-electron chi connectivity index (χ4n) is 4.79. The summed E-state index contributed by atoms with van der Waals surface area (Å²) in [6, 6.07) is 8.90. The van der Waals surface area contributed by atoms with Gasteiger partial charge in [-0.2, -0.15) is 4.98 Å². The molecule has 0 aliphatic carbocycles. The second-order valence-electron chi connectivity index (χ2n) is 9.05. The first-order valence-electron chi connectivity index (χ1n) is 11.8. The van der Waals surface area contributed by atoms with Gasteiger partial charge in [-0.1, -0.05) is 11.6 Å². The van der Waals surface area contributed by atoms with Crippen molar-refractivity contribution in [2.75, 3.05) is 49.2 Å². The van der Waals surface area contributed by atoms with E-state index in [9.17, 15) is 4.39 Å². The third kappa shape index (κ3) is 4.76. The molecule has 9 heteroatoms. The van der Waals surface area contributed by atoms with Crippen LogP contribution in [-0.4, -0.2) is 72.5 Å². The molecular weight excluding hydrogens is 455 g/mol. The van der Waals surface area contributed by atoms with Crippen LogP contribution in [0.2, 0.25) is 0 Å². The largest absolute Gasteiger partial charge is 0.377 e. The summed E-state index contributed by atoms with van der Waals surface area (Å²) in [6.45, 7) is 8.86. The van der Waals surface area contributed by atoms with Crippen LogP contribution in [0, 0.1) is 5.82 Å². The molecule has 2 fully saturated rings. The van der Waals surface area contributed by atoms with E-state index >= 15 is 0 Å². The van der Waals surface area contributed by atoms with Gasteiger partial charge in [0, 0.05) is 43.9 Å². The van der Waals surface area contributed by atoms with Gasteiger partial charge in [0.05, 0.1) is 30.0 Å². The number of aromatic nitrogens is 2. The van der Waals surface area contributed by atoms with Crippen molar-refractivity contribution in [1.82, 2.24) is 20.2 Å². The number of hydrogen-bond donors (Lipinski definition) is 1. The lowest BCUT2D eigenvalue weighted by atomic mass is 10.1. The average Bonchev–Trinajstić information content (AvgIpc) is 2.85. The van der Waals surface area contributed by atoms with E-state index in [2.05, 4.69) is 33.9 Å². The number of dihydropyridines is 1. The van der Waals surface area contributed by atoms with Crippen LogP contribution in [0.25, 0.3) is 11.3 Å². The Morgan fingerprint density at radius 2 is 1.88 bits per heavy atom. The summed E-state index contributed by atoms with van der Waals surface area (Å²) in [4.78, 5) is 16.8. The quantitative estimate of drug-likeness (QED) is 0.711. The van der Waals surface area contributed by atoms with Crippen molar-refractivity contribution in [3.63, 3.8) is 0 Å². The predicted octanol–water partition coefficient (Wildman–Crippen LogP) is 3.58. The summed E-state index contributed by atoms with van der Waals surface area (Å²) in [5.41, 5.74) is 1.66. The van der Waals surface area contributed by atoms with Crippen molar-refractivity contribution in [3.05, 3.63) is 59.5 Å². The Balaban J connectivity index is 1.45. The van der Waals surface area contributed by atoms with Crippen LogP contribution < -0.4 is 15.1 Å². The maximum atomic E-state index is 13.6. The standard InChI is InChI=1S/C25H30ClFN6O/c1-17-15-31(24-21(26)4-3-9-28-24)10-11-32(17)23-14-22(19-5-7-20(27)8-6-19)29-25(30-23)33-12-13-34-16-18(33)2/h3-9,14,17-18,24,28H,10-13,15-16H2,1-2H3/t17-,18+,24?/m0/s1. The number of allylic oxidation sites excluding steroid dienone is 2. The molecule has 5 rings (SSSR count). The number of halogens is 2. The maximum Gasteiger partial charge on any atom is 0.228 e. The van der Waals surface area contributed by atoms with E-state index in [1.165, 1.54) is 12.1 Å². The summed E-state index contributed by atoms with van der Waals surface area (Å²) in [5, 5.41) is 4.16. The number of nitrogens with zero attached hydrogens (tertiary/aromatic N) is 5. The minimum Gasteiger partial charge on any atom is -0.377 e. The van der Waals surface area contributed by atoms with Crippen molar-refractivity contribution in [3.8, 4) is 11.3 Å². The van der Waals surface area contributed by atoms with E-state index in [0.717, 1.165) is 48.3 Å². The molecule has 1 N–H and O–H groups in total. The van der Waals surface area contributed by atoms with E-state index in [-0.39, 0.29) is 24.1 Å². The van der Waals surface area contributed by atoms with Gasteiger partial charge in [0.2, 0.25) is 5.95 Å². The predicted molar refractivity (Wildman–Crippen MR) is 133 cm³/mol. The van der Waals surface area contributed by atoms with Crippen molar-refractivity contribution < 1.29 is 9.13 Å². The number of benzene rings is 1. The molecule has 3 atom stereocenters. The first kappa shape index (κ1) is 23.1. The average molecular weight is 485 g/mol. The lowest BCUT2D eigenvalue weighted by Crippen LogP contribution is -2.58. The Kier molecular flexibility index (Phi) is 6.72. The van der Waals surface area contributed by atoms with Crippen molar-refractivity contribution >= 4 is 23.4 Å². The number of morpholine rings is 1. The molecule has 2 saturated heterocycles. The molecule has 3 aliphatic rings. The van der Waals surface area contributed by atoms with E-state index in [1.807, 2.05) is 24.4 Å². The number of ether oxygens (including phenoxy) is 1. The number of rotatable bonds is 4. The third-order valence-corrected chi connectivity index (χ3v) is 6.98. The zero-order valence-corrected chi connectivity index (χ0v) is 20.2. The molecule has 0 saturated carbocycles. The normalized spacial score (nSPS) is 25.8. The number of piperazine rings is 1. The number of nitrogens with one attached hydrogen (secondary N) is 1. The Morgan fingerprint density at radius 1 is 1.06 bits per heavy atom. The summed E-state index contributed by atoms with van der Waals surface area (Å²) in [6.07, 6.45) is 5.79. The Labute approximate surface area is 204 Å². The molecule has 34 heavy (non-hydrogen) atoms. The van der Waals surface area contributed by atoms with Gasteiger partial charge < -0.3 is 19.9 Å². The van der Waals surface area contributed by atoms with Gasteiger partial charge in [0.15, 0.2) is 0 Å². The Morgan fingerprint density at radius 3 is 2.62 bits per heavy atom. The topological polar surface area (TPSA) is 56.8 Å². The molecule has 1 aromatic heterocycles. The van der Waals surface area contributed by atoms with Gasteiger partial charge >= 0.3 is 0 Å². The summed E-state index contributed by atoms with van der Waals surface area (Å²) in [7, 11) is 0. The molecule has 4 heterocycles. The van der Waals surface area contributed by atoms with Crippen LogP contribution in [0.15, 0.2) is 53.7 Å². The summed E-state index contributed by atoms with van der Waals surface area (Å²) < 4.78 is 19.2. The van der Waals surface area contributed by atoms with Crippen LogP contribution in [0.1, 0.15) is 13.8 Å². The lowest BCUT2D eigenvalue weighted by Gasteiger charge is -2.44. The van der Waals surface area contributed by atoms with Crippen LogP contribution in [0.3, 0.4) is 0 Å². The van der Waals surface area contributed by atoms with Crippen LogP contribution >= 0.6 is 11.6 Å². The van der Waals surface area contributed by atoms with Crippen LogP contribution in [0.5, 0.6) is 0 Å². The van der Waals surface area contributed by atoms with Crippen molar-refractivity contribution in [1.29, 1.82) is 0 Å². The molecule has 0 spiro atoms. The second-order valence-corrected chi connectivity index (χ2v) is 9.49. The molecule has 3 aliphatic heterocycles. The van der Waals surface area contributed by atoms with Crippen LogP contribution in [0.4, 0.5) is 16.2 Å². The molecule has 0 amide bonds. The highest BCUT2D eigenvalue weighted by Crippen LogP contribution is 2.29. The smallest absolute Gasteiger partial charge is 0.228 e. The molecule has 0 bridgehead atoms. The second kappa shape index (κ2) is 9.90.